The van der Waals surface area contributed by atoms with E-state index in [1.54, 1.807) is 0 Å². The monoisotopic (exact) mass is 622 g/mol. The lowest BCUT2D eigenvalue weighted by atomic mass is 9.79. The standard InChI is InChI=1S/C49H34/c1-49(2)44-30-35(25-26-38(44)43-28-33-17-6-7-18-34(33)29-45(43)49)46-40-22-12-13-23-41(40)48(47-37-20-9-8-16-32(37)24-27-42(46)47)39-21-11-10-19-36(39)31-14-4-3-5-15-31/h3-30H,1-2H3. The quantitative estimate of drug-likeness (QED) is 0.136. The molecule has 9 aromatic rings. The molecule has 0 radical (unpaired) electrons. The SMILES string of the molecule is CC1(C)c2cc(-c3c4ccccc4c(-c4ccccc4-c4ccccc4)c4c3ccc3ccccc34)ccc2-c2cc3ccccc3cc21. The van der Waals surface area contributed by atoms with Crippen molar-refractivity contribution < 1.29 is 0 Å². The number of hydrogen-bond donors (Lipinski definition) is 0. The Bertz CT molecular complexity index is 2780. The van der Waals surface area contributed by atoms with Crippen molar-refractivity contribution in [3.63, 3.8) is 0 Å². The van der Waals surface area contributed by atoms with Crippen LogP contribution in [0.2, 0.25) is 0 Å². The molecule has 0 saturated heterocycles. The lowest BCUT2D eigenvalue weighted by molar-refractivity contribution is 0.661. The summed E-state index contributed by atoms with van der Waals surface area (Å²) in [7, 11) is 0. The van der Waals surface area contributed by atoms with Crippen LogP contribution in [0.5, 0.6) is 0 Å². The van der Waals surface area contributed by atoms with Crippen molar-refractivity contribution in [1.82, 2.24) is 0 Å². The van der Waals surface area contributed by atoms with Crippen molar-refractivity contribution >= 4 is 43.1 Å². The van der Waals surface area contributed by atoms with Crippen LogP contribution >= 0.6 is 0 Å². The fraction of sp³-hybridized carbons (Fsp3) is 0.0612. The highest BCUT2D eigenvalue weighted by Crippen LogP contribution is 2.53. The van der Waals surface area contributed by atoms with Crippen molar-refractivity contribution in [3.8, 4) is 44.5 Å². The Morgan fingerprint density at radius 1 is 0.327 bits per heavy atom. The van der Waals surface area contributed by atoms with Crippen molar-refractivity contribution in [1.29, 1.82) is 0 Å². The topological polar surface area (TPSA) is 0 Å². The van der Waals surface area contributed by atoms with Crippen LogP contribution < -0.4 is 0 Å². The van der Waals surface area contributed by atoms with Crippen molar-refractivity contribution in [2.75, 3.05) is 0 Å². The predicted octanol–water partition coefficient (Wildman–Crippen LogP) is 13.6. The first kappa shape index (κ1) is 28.1. The molecule has 0 amide bonds. The van der Waals surface area contributed by atoms with Crippen LogP contribution in [-0.4, -0.2) is 0 Å². The van der Waals surface area contributed by atoms with E-state index in [0.29, 0.717) is 0 Å². The van der Waals surface area contributed by atoms with Gasteiger partial charge in [-0.05, 0) is 117 Å². The average Bonchev–Trinajstić information content (AvgIpc) is 3.37. The second-order valence-corrected chi connectivity index (χ2v) is 14.0. The van der Waals surface area contributed by atoms with Gasteiger partial charge in [-0.2, -0.15) is 0 Å². The van der Waals surface area contributed by atoms with Crippen molar-refractivity contribution in [3.05, 3.63) is 181 Å². The van der Waals surface area contributed by atoms with Crippen LogP contribution in [0.3, 0.4) is 0 Å². The Hall–Kier alpha value is -5.98. The average molecular weight is 623 g/mol. The van der Waals surface area contributed by atoms with Crippen LogP contribution in [0, 0.1) is 0 Å². The van der Waals surface area contributed by atoms with E-state index < -0.39 is 0 Å². The molecule has 0 unspecified atom stereocenters. The number of benzene rings is 9. The van der Waals surface area contributed by atoms with Crippen LogP contribution in [0.15, 0.2) is 170 Å². The summed E-state index contributed by atoms with van der Waals surface area (Å²) in [5.74, 6) is 0. The van der Waals surface area contributed by atoms with Crippen LogP contribution in [0.1, 0.15) is 25.0 Å². The van der Waals surface area contributed by atoms with E-state index in [1.807, 2.05) is 0 Å². The highest BCUT2D eigenvalue weighted by molar-refractivity contribution is 6.28. The van der Waals surface area contributed by atoms with E-state index >= 15 is 0 Å². The molecule has 0 N–H and O–H groups in total. The third-order valence-electron chi connectivity index (χ3n) is 11.0. The first-order valence-corrected chi connectivity index (χ1v) is 17.3. The van der Waals surface area contributed by atoms with Gasteiger partial charge in [0.25, 0.3) is 0 Å². The van der Waals surface area contributed by atoms with Gasteiger partial charge in [-0.25, -0.2) is 0 Å². The summed E-state index contributed by atoms with van der Waals surface area (Å²) in [5.41, 5.74) is 13.0. The minimum atomic E-state index is -0.114. The molecule has 0 heterocycles. The molecule has 1 aliphatic carbocycles. The fourth-order valence-corrected chi connectivity index (χ4v) is 8.69. The summed E-state index contributed by atoms with van der Waals surface area (Å²) in [6.07, 6.45) is 0. The van der Waals surface area contributed by atoms with E-state index in [4.69, 9.17) is 0 Å². The molecule has 0 saturated carbocycles. The van der Waals surface area contributed by atoms with Gasteiger partial charge in [0.2, 0.25) is 0 Å². The first-order chi connectivity index (χ1) is 24.1. The first-order valence-electron chi connectivity index (χ1n) is 17.3. The number of fused-ring (bicyclic) bond motifs is 8. The van der Waals surface area contributed by atoms with Gasteiger partial charge >= 0.3 is 0 Å². The van der Waals surface area contributed by atoms with Gasteiger partial charge < -0.3 is 0 Å². The van der Waals surface area contributed by atoms with E-state index in [1.165, 1.54) is 98.7 Å². The minimum Gasteiger partial charge on any atom is -0.0622 e. The largest absolute Gasteiger partial charge is 0.0622 e. The zero-order chi connectivity index (χ0) is 32.7. The molecule has 0 nitrogen and oxygen atoms in total. The Balaban J connectivity index is 1.31. The fourth-order valence-electron chi connectivity index (χ4n) is 8.69. The molecule has 0 spiro atoms. The van der Waals surface area contributed by atoms with Crippen LogP contribution in [-0.2, 0) is 5.41 Å². The van der Waals surface area contributed by atoms with Gasteiger partial charge in [-0.3, -0.25) is 0 Å². The summed E-state index contributed by atoms with van der Waals surface area (Å²) >= 11 is 0. The summed E-state index contributed by atoms with van der Waals surface area (Å²) in [6, 6.07) is 63.2. The van der Waals surface area contributed by atoms with E-state index in [2.05, 4.69) is 184 Å². The Morgan fingerprint density at radius 3 is 1.69 bits per heavy atom. The van der Waals surface area contributed by atoms with Gasteiger partial charge in [0.1, 0.15) is 0 Å². The molecule has 0 heteroatoms. The maximum Gasteiger partial charge on any atom is 0.0159 e. The third kappa shape index (κ3) is 4.11. The lowest BCUT2D eigenvalue weighted by Crippen LogP contribution is -2.15. The maximum absolute atomic E-state index is 2.49. The molecule has 0 atom stereocenters. The summed E-state index contributed by atoms with van der Waals surface area (Å²) < 4.78 is 0. The molecule has 0 bridgehead atoms. The van der Waals surface area contributed by atoms with Crippen molar-refractivity contribution in [2.24, 2.45) is 0 Å². The second-order valence-electron chi connectivity index (χ2n) is 14.0. The van der Waals surface area contributed by atoms with E-state index in [9.17, 15) is 0 Å². The maximum atomic E-state index is 2.49. The molecule has 10 rings (SSSR count). The Labute approximate surface area is 286 Å². The highest BCUT2D eigenvalue weighted by Gasteiger charge is 2.36. The molecule has 0 aromatic heterocycles. The molecule has 0 aliphatic heterocycles. The summed E-state index contributed by atoms with van der Waals surface area (Å²) in [5, 5.41) is 10.3. The molecule has 0 fully saturated rings. The van der Waals surface area contributed by atoms with E-state index in [-0.39, 0.29) is 5.41 Å². The third-order valence-corrected chi connectivity index (χ3v) is 11.0. The second kappa shape index (κ2) is 10.5. The molecular weight excluding hydrogens is 589 g/mol. The van der Waals surface area contributed by atoms with Gasteiger partial charge in [-0.15, -0.1) is 0 Å². The molecule has 1 aliphatic rings. The van der Waals surface area contributed by atoms with Gasteiger partial charge in [0.15, 0.2) is 0 Å². The zero-order valence-corrected chi connectivity index (χ0v) is 27.7. The lowest BCUT2D eigenvalue weighted by Gasteiger charge is -2.24. The number of hydrogen-bond acceptors (Lipinski definition) is 0. The number of rotatable bonds is 3. The van der Waals surface area contributed by atoms with Crippen molar-refractivity contribution in [2.45, 2.75) is 19.3 Å². The van der Waals surface area contributed by atoms with Gasteiger partial charge in [-0.1, -0.05) is 166 Å². The molecular formula is C49H34. The van der Waals surface area contributed by atoms with Crippen LogP contribution in [0.4, 0.5) is 0 Å². The Morgan fingerprint density at radius 2 is 0.918 bits per heavy atom. The summed E-state index contributed by atoms with van der Waals surface area (Å²) in [6.45, 7) is 4.78. The smallest absolute Gasteiger partial charge is 0.0159 e. The zero-order valence-electron chi connectivity index (χ0n) is 27.7. The molecule has 9 aromatic carbocycles. The molecule has 49 heavy (non-hydrogen) atoms. The van der Waals surface area contributed by atoms with Gasteiger partial charge in [0.05, 0.1) is 0 Å². The predicted molar refractivity (Wildman–Crippen MR) is 210 cm³/mol. The summed E-state index contributed by atoms with van der Waals surface area (Å²) in [4.78, 5) is 0. The minimum absolute atomic E-state index is 0.114. The van der Waals surface area contributed by atoms with Gasteiger partial charge in [0, 0.05) is 5.41 Å². The Kier molecular flexibility index (Phi) is 6.02. The van der Waals surface area contributed by atoms with Crippen LogP contribution in [0.25, 0.3) is 87.6 Å². The highest BCUT2D eigenvalue weighted by atomic mass is 14.4. The normalized spacial score (nSPS) is 13.3. The molecule has 230 valence electrons. The van der Waals surface area contributed by atoms with E-state index in [0.717, 1.165) is 0 Å².